The summed E-state index contributed by atoms with van der Waals surface area (Å²) in [6.07, 6.45) is 2.16. The van der Waals surface area contributed by atoms with Crippen molar-refractivity contribution in [2.45, 2.75) is 52.4 Å². The van der Waals surface area contributed by atoms with Crippen molar-refractivity contribution in [2.75, 3.05) is 0 Å². The molecule has 3 atom stereocenters. The molecule has 0 radical (unpaired) electrons. The molecule has 0 fully saturated rings. The maximum Gasteiger partial charge on any atom is 0.256 e. The molecule has 1 nitrogen and oxygen atoms in total. The number of hydrogen-bond acceptors (Lipinski definition) is 1. The van der Waals surface area contributed by atoms with Crippen LogP contribution in [0.3, 0.4) is 0 Å². The van der Waals surface area contributed by atoms with Gasteiger partial charge in [0.15, 0.2) is 0 Å². The lowest BCUT2D eigenvalue weighted by molar-refractivity contribution is 0.108. The predicted molar refractivity (Wildman–Crippen MR) is 99.0 cm³/mol. The van der Waals surface area contributed by atoms with E-state index in [0.717, 1.165) is 29.3 Å². The van der Waals surface area contributed by atoms with E-state index >= 15 is 0 Å². The third-order valence-electron chi connectivity index (χ3n) is 4.54. The van der Waals surface area contributed by atoms with Gasteiger partial charge in [-0.25, -0.2) is 0 Å². The first-order chi connectivity index (χ1) is 10.5. The molecule has 2 rings (SSSR count). The Kier molecular flexibility index (Phi) is 5.89. The first-order valence-electron chi connectivity index (χ1n) is 8.02. The Labute approximate surface area is 140 Å². The molecule has 0 saturated carbocycles. The summed E-state index contributed by atoms with van der Waals surface area (Å²) in [7, 11) is 0.418. The van der Waals surface area contributed by atoms with Gasteiger partial charge in [0.1, 0.15) is 0 Å². The zero-order valence-corrected chi connectivity index (χ0v) is 15.5. The second-order valence-electron chi connectivity index (χ2n) is 5.96. The second-order valence-corrected chi connectivity index (χ2v) is 7.59. The summed E-state index contributed by atoms with van der Waals surface area (Å²) in [6, 6.07) is 10.2. The van der Waals surface area contributed by atoms with E-state index in [0.29, 0.717) is 20.0 Å². The largest absolute Gasteiger partial charge is 0.275 e. The van der Waals surface area contributed by atoms with Crippen LogP contribution >= 0.6 is 19.8 Å². The van der Waals surface area contributed by atoms with Crippen molar-refractivity contribution in [3.05, 3.63) is 46.5 Å². The smallest absolute Gasteiger partial charge is 0.256 e. The van der Waals surface area contributed by atoms with Crippen molar-refractivity contribution in [3.63, 3.8) is 0 Å². The van der Waals surface area contributed by atoms with Crippen LogP contribution in [0.5, 0.6) is 0 Å². The standard InChI is InChI=1S/C19H24ClOP/c1-5-12(3)15-16(14-10-8-7-9-11-14)18(19(20)21)22-17(15)13(4)6-2/h7-13,22H,5-6H2,1-4H3. The van der Waals surface area contributed by atoms with Gasteiger partial charge in [0.25, 0.3) is 5.24 Å². The molecule has 1 aromatic heterocycles. The molecule has 0 aliphatic heterocycles. The quantitative estimate of drug-likeness (QED) is 0.531. The lowest BCUT2D eigenvalue weighted by atomic mass is 9.87. The number of carbonyl (C=O) groups excluding carboxylic acids is 1. The SMILES string of the molecule is CCC(C)c1[pH]c(C(=O)Cl)c(-c2ccccc2)c1C(C)CC. The maximum absolute atomic E-state index is 12.0. The average Bonchev–Trinajstić information content (AvgIpc) is 2.94. The summed E-state index contributed by atoms with van der Waals surface area (Å²) in [5.74, 6) is 0.940. The van der Waals surface area contributed by atoms with Gasteiger partial charge in [0, 0.05) is 5.56 Å². The number of hydrogen-bond donors (Lipinski definition) is 0. The van der Waals surface area contributed by atoms with E-state index in [1.165, 1.54) is 10.9 Å². The Hall–Kier alpha value is -1.04. The first kappa shape index (κ1) is 17.3. The molecule has 22 heavy (non-hydrogen) atoms. The molecule has 0 saturated heterocycles. The lowest BCUT2D eigenvalue weighted by Gasteiger charge is -2.18. The summed E-state index contributed by atoms with van der Waals surface area (Å²) in [4.78, 5) is 12.0. The molecular weight excluding hydrogens is 311 g/mol. The van der Waals surface area contributed by atoms with E-state index in [1.54, 1.807) is 0 Å². The van der Waals surface area contributed by atoms with Crippen LogP contribution in [0.4, 0.5) is 0 Å². The Morgan fingerprint density at radius 1 is 1.09 bits per heavy atom. The Balaban J connectivity index is 2.77. The zero-order chi connectivity index (χ0) is 16.3. The summed E-state index contributed by atoms with van der Waals surface area (Å²) in [6.45, 7) is 8.93. The number of halogens is 1. The maximum atomic E-state index is 12.0. The molecule has 0 N–H and O–H groups in total. The van der Waals surface area contributed by atoms with Crippen LogP contribution in [0.25, 0.3) is 11.1 Å². The van der Waals surface area contributed by atoms with Crippen LogP contribution in [0.15, 0.2) is 30.3 Å². The molecule has 0 aliphatic rings. The molecule has 3 heteroatoms. The minimum atomic E-state index is -0.295. The molecule has 118 valence electrons. The summed E-state index contributed by atoms with van der Waals surface area (Å²) >= 11 is 5.94. The van der Waals surface area contributed by atoms with Crippen LogP contribution in [-0.4, -0.2) is 5.24 Å². The van der Waals surface area contributed by atoms with Crippen molar-refractivity contribution in [1.29, 1.82) is 0 Å². The fraction of sp³-hybridized carbons (Fsp3) is 0.421. The van der Waals surface area contributed by atoms with Gasteiger partial charge in [0.2, 0.25) is 0 Å². The molecule has 0 spiro atoms. The molecule has 3 unspecified atom stereocenters. The van der Waals surface area contributed by atoms with Gasteiger partial charge >= 0.3 is 0 Å². The highest BCUT2D eigenvalue weighted by molar-refractivity contribution is 7.35. The Morgan fingerprint density at radius 3 is 2.18 bits per heavy atom. The normalized spacial score (nSPS) is 14.2. The van der Waals surface area contributed by atoms with E-state index < -0.39 is 0 Å². The number of rotatable bonds is 6. The topological polar surface area (TPSA) is 17.1 Å². The Morgan fingerprint density at radius 2 is 1.68 bits per heavy atom. The van der Waals surface area contributed by atoms with E-state index in [1.807, 2.05) is 18.2 Å². The van der Waals surface area contributed by atoms with Crippen molar-refractivity contribution >= 4 is 25.0 Å². The van der Waals surface area contributed by atoms with Crippen LogP contribution in [0.2, 0.25) is 0 Å². The minimum Gasteiger partial charge on any atom is -0.275 e. The molecule has 1 aromatic carbocycles. The van der Waals surface area contributed by atoms with Gasteiger partial charge in [0.05, 0.1) is 5.30 Å². The van der Waals surface area contributed by atoms with E-state index in [2.05, 4.69) is 39.8 Å². The van der Waals surface area contributed by atoms with Gasteiger partial charge in [-0.1, -0.05) is 58.0 Å². The summed E-state index contributed by atoms with van der Waals surface area (Å²) < 4.78 is 0. The highest BCUT2D eigenvalue weighted by Gasteiger charge is 2.26. The fourth-order valence-corrected chi connectivity index (χ4v) is 4.86. The van der Waals surface area contributed by atoms with Gasteiger partial charge in [-0.3, -0.25) is 4.79 Å². The molecular formula is C19H24ClOP. The monoisotopic (exact) mass is 334 g/mol. The number of carbonyl (C=O) groups is 1. The zero-order valence-electron chi connectivity index (χ0n) is 13.7. The van der Waals surface area contributed by atoms with Crippen molar-refractivity contribution in [2.24, 2.45) is 0 Å². The molecule has 0 bridgehead atoms. The average molecular weight is 335 g/mol. The lowest BCUT2D eigenvalue weighted by Crippen LogP contribution is -2.00. The van der Waals surface area contributed by atoms with Crippen LogP contribution in [0, 0.1) is 0 Å². The van der Waals surface area contributed by atoms with E-state index in [9.17, 15) is 4.79 Å². The van der Waals surface area contributed by atoms with Gasteiger partial charge in [-0.15, -0.1) is 8.19 Å². The van der Waals surface area contributed by atoms with Gasteiger partial charge < -0.3 is 0 Å². The molecule has 2 aromatic rings. The third kappa shape index (κ3) is 3.31. The van der Waals surface area contributed by atoms with Crippen LogP contribution < -0.4 is 0 Å². The first-order valence-corrected chi connectivity index (χ1v) is 9.39. The summed E-state index contributed by atoms with van der Waals surface area (Å²) in [5.41, 5.74) is 3.58. The Bertz CT molecular complexity index is 645. The third-order valence-corrected chi connectivity index (χ3v) is 6.64. The van der Waals surface area contributed by atoms with Crippen molar-refractivity contribution in [3.8, 4) is 11.1 Å². The van der Waals surface area contributed by atoms with Crippen LogP contribution in [-0.2, 0) is 0 Å². The number of benzene rings is 1. The highest BCUT2D eigenvalue weighted by atomic mass is 35.5. The second kappa shape index (κ2) is 7.49. The van der Waals surface area contributed by atoms with E-state index in [4.69, 9.17) is 11.6 Å². The predicted octanol–water partition coefficient (Wildman–Crippen LogP) is 6.79. The molecule has 0 amide bonds. The van der Waals surface area contributed by atoms with Gasteiger partial charge in [-0.2, -0.15) is 0 Å². The molecule has 1 heterocycles. The minimum absolute atomic E-state index is 0.295. The summed E-state index contributed by atoms with van der Waals surface area (Å²) in [5, 5.41) is 1.94. The van der Waals surface area contributed by atoms with E-state index in [-0.39, 0.29) is 5.24 Å². The van der Waals surface area contributed by atoms with Gasteiger partial charge in [-0.05, 0) is 52.7 Å². The fourth-order valence-electron chi connectivity index (χ4n) is 2.89. The molecule has 0 aliphatic carbocycles. The highest BCUT2D eigenvalue weighted by Crippen LogP contribution is 2.48. The van der Waals surface area contributed by atoms with Crippen LogP contribution in [0.1, 0.15) is 73.3 Å². The van der Waals surface area contributed by atoms with Crippen molar-refractivity contribution < 1.29 is 4.79 Å². The van der Waals surface area contributed by atoms with Crippen molar-refractivity contribution in [1.82, 2.24) is 0 Å².